The van der Waals surface area contributed by atoms with Gasteiger partial charge in [0.05, 0.1) is 31.7 Å². The molecule has 4 N–H and O–H groups in total. The van der Waals surface area contributed by atoms with E-state index in [2.05, 4.69) is 30.6 Å². The monoisotopic (exact) mass is 508 g/mol. The molecule has 10 nitrogen and oxygen atoms in total. The number of sulfonamides is 1. The lowest BCUT2D eigenvalue weighted by molar-refractivity contribution is -0.120. The van der Waals surface area contributed by atoms with Crippen molar-refractivity contribution in [3.63, 3.8) is 0 Å². The van der Waals surface area contributed by atoms with Crippen LogP contribution in [0.3, 0.4) is 0 Å². The van der Waals surface area contributed by atoms with Crippen LogP contribution >= 0.6 is 11.6 Å². The van der Waals surface area contributed by atoms with E-state index in [0.29, 0.717) is 47.6 Å². The molecule has 2 aliphatic rings. The second-order valence-corrected chi connectivity index (χ2v) is 10.8. The fourth-order valence-corrected chi connectivity index (χ4v) is 5.42. The second kappa shape index (κ2) is 10.3. The summed E-state index contributed by atoms with van der Waals surface area (Å²) < 4.78 is 31.8. The first kappa shape index (κ1) is 24.5. The van der Waals surface area contributed by atoms with Crippen molar-refractivity contribution in [3.05, 3.63) is 34.5 Å². The number of hydrogen-bond acceptors (Lipinski definition) is 8. The normalized spacial score (nSPS) is 20.6. The third-order valence-electron chi connectivity index (χ3n) is 6.03. The van der Waals surface area contributed by atoms with Gasteiger partial charge >= 0.3 is 0 Å². The van der Waals surface area contributed by atoms with Crippen LogP contribution in [0, 0.1) is 0 Å². The van der Waals surface area contributed by atoms with Crippen molar-refractivity contribution in [2.75, 3.05) is 30.5 Å². The lowest BCUT2D eigenvalue weighted by atomic mass is 9.91. The van der Waals surface area contributed by atoms with Gasteiger partial charge in [-0.1, -0.05) is 24.4 Å². The highest BCUT2D eigenvalue weighted by atomic mass is 35.5. The SMILES string of the molecule is COc1cc2c(cc1Nc1ncc(Cl)c(N[C@@H]3CCCC[C@H]3NS(C)(=O)=O)n1)CCNC(=O)C2. The van der Waals surface area contributed by atoms with Gasteiger partial charge in [-0.15, -0.1) is 0 Å². The fraction of sp³-hybridized carbons (Fsp3) is 0.500. The van der Waals surface area contributed by atoms with E-state index in [-0.39, 0.29) is 18.0 Å². The molecule has 0 radical (unpaired) electrons. The zero-order valence-electron chi connectivity index (χ0n) is 19.2. The predicted octanol–water partition coefficient (Wildman–Crippen LogP) is 2.37. The molecule has 34 heavy (non-hydrogen) atoms. The zero-order valence-corrected chi connectivity index (χ0v) is 20.7. The molecule has 1 aromatic heterocycles. The highest BCUT2D eigenvalue weighted by molar-refractivity contribution is 7.88. The van der Waals surface area contributed by atoms with Gasteiger partial charge in [0.15, 0.2) is 5.82 Å². The summed E-state index contributed by atoms with van der Waals surface area (Å²) in [6.45, 7) is 0.577. The number of amides is 1. The Labute approximate surface area is 204 Å². The van der Waals surface area contributed by atoms with Gasteiger partial charge in [-0.05, 0) is 42.5 Å². The van der Waals surface area contributed by atoms with E-state index in [1.54, 1.807) is 7.11 Å². The summed E-state index contributed by atoms with van der Waals surface area (Å²) in [6, 6.07) is 3.43. The van der Waals surface area contributed by atoms with Crippen molar-refractivity contribution in [2.24, 2.45) is 0 Å². The number of nitrogens with zero attached hydrogens (tertiary/aromatic N) is 2. The van der Waals surface area contributed by atoms with Crippen LogP contribution in [0.2, 0.25) is 5.02 Å². The molecule has 0 unspecified atom stereocenters. The van der Waals surface area contributed by atoms with Gasteiger partial charge in [-0.25, -0.2) is 18.1 Å². The van der Waals surface area contributed by atoms with Gasteiger partial charge in [0, 0.05) is 18.6 Å². The van der Waals surface area contributed by atoms with Gasteiger partial charge in [-0.2, -0.15) is 4.98 Å². The van der Waals surface area contributed by atoms with E-state index in [9.17, 15) is 13.2 Å². The number of anilines is 3. The van der Waals surface area contributed by atoms with Crippen LogP contribution in [0.25, 0.3) is 0 Å². The molecular formula is C22H29ClN6O4S. The Bertz CT molecular complexity index is 1180. The number of nitrogens with one attached hydrogen (secondary N) is 4. The molecule has 1 amide bonds. The summed E-state index contributed by atoms with van der Waals surface area (Å²) in [5.74, 6) is 1.31. The van der Waals surface area contributed by atoms with E-state index in [1.165, 1.54) is 6.20 Å². The number of aromatic nitrogens is 2. The molecule has 1 aromatic carbocycles. The van der Waals surface area contributed by atoms with Crippen molar-refractivity contribution in [3.8, 4) is 5.75 Å². The van der Waals surface area contributed by atoms with Crippen molar-refractivity contribution < 1.29 is 17.9 Å². The minimum atomic E-state index is -3.34. The van der Waals surface area contributed by atoms with Crippen LogP contribution in [0.15, 0.2) is 18.3 Å². The number of carbonyl (C=O) groups is 1. The summed E-state index contributed by atoms with van der Waals surface area (Å²) in [7, 11) is -1.77. The van der Waals surface area contributed by atoms with E-state index in [4.69, 9.17) is 16.3 Å². The van der Waals surface area contributed by atoms with E-state index in [0.717, 1.165) is 43.1 Å². The Hall–Kier alpha value is -2.63. The van der Waals surface area contributed by atoms with Crippen molar-refractivity contribution >= 4 is 45.0 Å². The summed E-state index contributed by atoms with van der Waals surface area (Å²) >= 11 is 6.37. The van der Waals surface area contributed by atoms with Crippen LogP contribution in [0.5, 0.6) is 5.75 Å². The number of carbonyl (C=O) groups excluding carboxylic acids is 1. The first-order valence-electron chi connectivity index (χ1n) is 11.2. The van der Waals surface area contributed by atoms with Gasteiger partial charge in [0.1, 0.15) is 10.8 Å². The van der Waals surface area contributed by atoms with Crippen molar-refractivity contribution in [1.82, 2.24) is 20.0 Å². The van der Waals surface area contributed by atoms with Gasteiger partial charge in [0.2, 0.25) is 21.9 Å². The van der Waals surface area contributed by atoms with Crippen molar-refractivity contribution in [2.45, 2.75) is 50.6 Å². The number of ether oxygens (including phenoxy) is 1. The minimum Gasteiger partial charge on any atom is -0.495 e. The van der Waals surface area contributed by atoms with Crippen LogP contribution in [0.4, 0.5) is 17.5 Å². The second-order valence-electron chi connectivity index (χ2n) is 8.64. The van der Waals surface area contributed by atoms with Gasteiger partial charge < -0.3 is 20.7 Å². The molecule has 4 rings (SSSR count). The Morgan fingerprint density at radius 3 is 2.68 bits per heavy atom. The van der Waals surface area contributed by atoms with E-state index in [1.807, 2.05) is 12.1 Å². The van der Waals surface area contributed by atoms with Gasteiger partial charge in [-0.3, -0.25) is 4.79 Å². The van der Waals surface area contributed by atoms with E-state index < -0.39 is 10.0 Å². The molecule has 1 fully saturated rings. The standard InChI is InChI=1S/C22H29ClN6O4S/c1-33-19-10-14-11-20(30)24-8-7-13(14)9-18(19)27-22-25-12-15(23)21(28-22)26-16-5-3-4-6-17(16)29-34(2,31)32/h9-10,12,16-17,29H,3-8,11H2,1-2H3,(H,24,30)(H2,25,26,27,28)/t16-,17-/m1/s1. The minimum absolute atomic E-state index is 0.00959. The molecule has 184 valence electrons. The number of hydrogen-bond donors (Lipinski definition) is 4. The molecule has 1 aliphatic heterocycles. The number of methoxy groups -OCH3 is 1. The van der Waals surface area contributed by atoms with Crippen molar-refractivity contribution in [1.29, 1.82) is 0 Å². The van der Waals surface area contributed by atoms with E-state index >= 15 is 0 Å². The smallest absolute Gasteiger partial charge is 0.229 e. The quantitative estimate of drug-likeness (QED) is 0.448. The summed E-state index contributed by atoms with van der Waals surface area (Å²) in [5, 5.41) is 9.73. The molecule has 1 aliphatic carbocycles. The summed E-state index contributed by atoms with van der Waals surface area (Å²) in [4.78, 5) is 20.8. The first-order valence-corrected chi connectivity index (χ1v) is 13.5. The molecule has 12 heteroatoms. The molecule has 2 aromatic rings. The highest BCUT2D eigenvalue weighted by Crippen LogP contribution is 2.33. The van der Waals surface area contributed by atoms with Crippen LogP contribution in [0.1, 0.15) is 36.8 Å². The topological polar surface area (TPSA) is 134 Å². The fourth-order valence-electron chi connectivity index (χ4n) is 4.45. The lowest BCUT2D eigenvalue weighted by Crippen LogP contribution is -2.48. The Kier molecular flexibility index (Phi) is 7.44. The maximum Gasteiger partial charge on any atom is 0.229 e. The Balaban J connectivity index is 1.57. The third kappa shape index (κ3) is 6.08. The number of halogens is 1. The molecular weight excluding hydrogens is 480 g/mol. The molecule has 0 spiro atoms. The van der Waals surface area contributed by atoms with Crippen LogP contribution < -0.4 is 25.4 Å². The third-order valence-corrected chi connectivity index (χ3v) is 7.04. The number of benzene rings is 1. The largest absolute Gasteiger partial charge is 0.495 e. The molecule has 0 bridgehead atoms. The summed E-state index contributed by atoms with van der Waals surface area (Å²) in [5.41, 5.74) is 2.66. The predicted molar refractivity (Wildman–Crippen MR) is 131 cm³/mol. The number of fused-ring (bicyclic) bond motifs is 1. The lowest BCUT2D eigenvalue weighted by Gasteiger charge is -2.32. The molecule has 0 saturated heterocycles. The molecule has 2 atom stereocenters. The van der Waals surface area contributed by atoms with Gasteiger partial charge in [0.25, 0.3) is 0 Å². The average molecular weight is 509 g/mol. The molecule has 2 heterocycles. The van der Waals surface area contributed by atoms with Crippen LogP contribution in [-0.2, 0) is 27.7 Å². The molecule has 1 saturated carbocycles. The first-order chi connectivity index (χ1) is 16.2. The van der Waals surface area contributed by atoms with Crippen LogP contribution in [-0.4, -0.2) is 56.3 Å². The zero-order chi connectivity index (χ0) is 24.3. The highest BCUT2D eigenvalue weighted by Gasteiger charge is 2.28. The summed E-state index contributed by atoms with van der Waals surface area (Å²) in [6.07, 6.45) is 7.15. The number of rotatable bonds is 7. The Morgan fingerprint density at radius 2 is 1.94 bits per heavy atom. The Morgan fingerprint density at radius 1 is 1.18 bits per heavy atom. The average Bonchev–Trinajstić information content (AvgIpc) is 2.95. The maximum atomic E-state index is 11.9. The maximum absolute atomic E-state index is 11.9.